The minimum atomic E-state index is -4.40. The molecular weight excluding hydrogens is 387 g/mol. The van der Waals surface area contributed by atoms with Crippen LogP contribution < -0.4 is 5.32 Å². The first kappa shape index (κ1) is 20.8. The number of piperidine rings is 1. The van der Waals surface area contributed by atoms with Gasteiger partial charge in [-0.15, -0.1) is 0 Å². The predicted molar refractivity (Wildman–Crippen MR) is 98.6 cm³/mol. The fraction of sp³-hybridized carbons (Fsp3) is 0.474. The van der Waals surface area contributed by atoms with E-state index in [4.69, 9.17) is 0 Å². The first-order chi connectivity index (χ1) is 13.8. The number of halogens is 3. The summed E-state index contributed by atoms with van der Waals surface area (Å²) in [4.78, 5) is 30.1. The van der Waals surface area contributed by atoms with Gasteiger partial charge in [-0.3, -0.25) is 9.59 Å². The number of hydrogen-bond donors (Lipinski definition) is 1. The standard InChI is InChI=1S/C19H22F3N5O2/c20-19(21,22)15-4-6-16(7-5-15)25-17(28)8-3-14-2-1-9-26(10-14)18(29)11-27-13-23-12-24-27/h4-7,12-14H,1-3,8-11H2,(H,25,28). The predicted octanol–water partition coefficient (Wildman–Crippen LogP) is 2.95. The lowest BCUT2D eigenvalue weighted by Crippen LogP contribution is -2.41. The van der Waals surface area contributed by atoms with Crippen LogP contribution in [0.1, 0.15) is 31.2 Å². The van der Waals surface area contributed by atoms with E-state index in [1.165, 1.54) is 29.5 Å². The Kier molecular flexibility index (Phi) is 6.50. The highest BCUT2D eigenvalue weighted by Gasteiger charge is 2.30. The lowest BCUT2D eigenvalue weighted by atomic mass is 9.93. The number of alkyl halides is 3. The Morgan fingerprint density at radius 1 is 1.21 bits per heavy atom. The average molecular weight is 409 g/mol. The summed E-state index contributed by atoms with van der Waals surface area (Å²) < 4.78 is 39.2. The molecule has 156 valence electrons. The molecule has 1 atom stereocenters. The maximum atomic E-state index is 12.6. The summed E-state index contributed by atoms with van der Waals surface area (Å²) in [6.45, 7) is 1.41. The minimum absolute atomic E-state index is 0.0330. The number of nitrogens with zero attached hydrogens (tertiary/aromatic N) is 4. The van der Waals surface area contributed by atoms with E-state index < -0.39 is 11.7 Å². The number of anilines is 1. The van der Waals surface area contributed by atoms with Crippen molar-refractivity contribution < 1.29 is 22.8 Å². The lowest BCUT2D eigenvalue weighted by molar-refractivity contribution is -0.137. The topological polar surface area (TPSA) is 80.1 Å². The summed E-state index contributed by atoms with van der Waals surface area (Å²) in [6, 6.07) is 4.36. The van der Waals surface area contributed by atoms with Crippen molar-refractivity contribution in [2.24, 2.45) is 5.92 Å². The number of aromatic nitrogens is 3. The van der Waals surface area contributed by atoms with Crippen LogP contribution in [0.5, 0.6) is 0 Å². The molecule has 2 heterocycles. The summed E-state index contributed by atoms with van der Waals surface area (Å²) in [7, 11) is 0. The van der Waals surface area contributed by atoms with Crippen LogP contribution in [0.3, 0.4) is 0 Å². The van der Waals surface area contributed by atoms with Crippen LogP contribution in [0.25, 0.3) is 0 Å². The molecule has 1 N–H and O–H groups in total. The van der Waals surface area contributed by atoms with Crippen LogP contribution in [0.4, 0.5) is 18.9 Å². The number of hydrogen-bond acceptors (Lipinski definition) is 4. The third-order valence-electron chi connectivity index (χ3n) is 4.91. The van der Waals surface area contributed by atoms with E-state index in [2.05, 4.69) is 15.4 Å². The lowest BCUT2D eigenvalue weighted by Gasteiger charge is -2.32. The molecule has 0 aliphatic carbocycles. The van der Waals surface area contributed by atoms with Gasteiger partial charge in [0.2, 0.25) is 11.8 Å². The van der Waals surface area contributed by atoms with Gasteiger partial charge in [0.1, 0.15) is 19.2 Å². The van der Waals surface area contributed by atoms with Crippen LogP contribution in [0.15, 0.2) is 36.9 Å². The molecule has 7 nitrogen and oxygen atoms in total. The van der Waals surface area contributed by atoms with Crippen LogP contribution >= 0.6 is 0 Å². The largest absolute Gasteiger partial charge is 0.416 e. The number of likely N-dealkylation sites (tertiary alicyclic amines) is 1. The molecule has 1 aliphatic rings. The maximum Gasteiger partial charge on any atom is 0.416 e. The fourth-order valence-electron chi connectivity index (χ4n) is 3.38. The quantitative estimate of drug-likeness (QED) is 0.796. The Bertz CT molecular complexity index is 821. The molecule has 0 bridgehead atoms. The van der Waals surface area contributed by atoms with Gasteiger partial charge in [-0.25, -0.2) is 9.67 Å². The second kappa shape index (κ2) is 9.06. The van der Waals surface area contributed by atoms with Crippen LogP contribution in [0.2, 0.25) is 0 Å². The van der Waals surface area contributed by atoms with Gasteiger partial charge in [-0.05, 0) is 49.4 Å². The SMILES string of the molecule is O=C(CCC1CCCN(C(=O)Cn2cncn2)C1)Nc1ccc(C(F)(F)F)cc1. The molecule has 2 aromatic rings. The molecule has 1 aromatic carbocycles. The first-order valence-electron chi connectivity index (χ1n) is 9.38. The van der Waals surface area contributed by atoms with Gasteiger partial charge in [0.15, 0.2) is 0 Å². The van der Waals surface area contributed by atoms with Gasteiger partial charge >= 0.3 is 6.18 Å². The van der Waals surface area contributed by atoms with Crippen molar-refractivity contribution in [2.75, 3.05) is 18.4 Å². The Morgan fingerprint density at radius 3 is 2.62 bits per heavy atom. The van der Waals surface area contributed by atoms with E-state index in [9.17, 15) is 22.8 Å². The van der Waals surface area contributed by atoms with E-state index >= 15 is 0 Å². The van der Waals surface area contributed by atoms with Crippen molar-refractivity contribution in [3.8, 4) is 0 Å². The molecule has 0 spiro atoms. The Balaban J connectivity index is 1.44. The molecule has 1 aliphatic heterocycles. The smallest absolute Gasteiger partial charge is 0.341 e. The van der Waals surface area contributed by atoms with Crippen molar-refractivity contribution in [3.05, 3.63) is 42.5 Å². The van der Waals surface area contributed by atoms with Gasteiger partial charge in [-0.1, -0.05) is 0 Å². The highest BCUT2D eigenvalue weighted by Crippen LogP contribution is 2.30. The summed E-state index contributed by atoms with van der Waals surface area (Å²) in [6.07, 6.45) is 1.12. The van der Waals surface area contributed by atoms with E-state index in [1.54, 1.807) is 4.90 Å². The highest BCUT2D eigenvalue weighted by molar-refractivity contribution is 5.90. The average Bonchev–Trinajstić information content (AvgIpc) is 3.19. The molecule has 1 saturated heterocycles. The third-order valence-corrected chi connectivity index (χ3v) is 4.91. The van der Waals surface area contributed by atoms with Crippen molar-refractivity contribution in [1.82, 2.24) is 19.7 Å². The summed E-state index contributed by atoms with van der Waals surface area (Å²) in [5, 5.41) is 6.55. The van der Waals surface area contributed by atoms with Crippen LogP contribution in [-0.2, 0) is 22.3 Å². The summed E-state index contributed by atoms with van der Waals surface area (Å²) in [5.41, 5.74) is -0.426. The van der Waals surface area contributed by atoms with Gasteiger partial charge < -0.3 is 10.2 Å². The Morgan fingerprint density at radius 2 is 1.97 bits per heavy atom. The molecule has 1 unspecified atom stereocenters. The monoisotopic (exact) mass is 409 g/mol. The number of benzene rings is 1. The molecule has 2 amide bonds. The zero-order chi connectivity index (χ0) is 20.9. The van der Waals surface area contributed by atoms with Gasteiger partial charge in [0.05, 0.1) is 5.56 Å². The molecule has 29 heavy (non-hydrogen) atoms. The first-order valence-corrected chi connectivity index (χ1v) is 9.38. The number of nitrogens with one attached hydrogen (secondary N) is 1. The van der Waals surface area contributed by atoms with E-state index in [0.29, 0.717) is 25.2 Å². The zero-order valence-corrected chi connectivity index (χ0v) is 15.7. The zero-order valence-electron chi connectivity index (χ0n) is 15.7. The maximum absolute atomic E-state index is 12.6. The normalized spacial score (nSPS) is 17.2. The summed E-state index contributed by atoms with van der Waals surface area (Å²) >= 11 is 0. The molecule has 1 fully saturated rings. The van der Waals surface area contributed by atoms with Crippen molar-refractivity contribution in [3.63, 3.8) is 0 Å². The van der Waals surface area contributed by atoms with Crippen molar-refractivity contribution in [1.29, 1.82) is 0 Å². The van der Waals surface area contributed by atoms with Crippen LogP contribution in [-0.4, -0.2) is 44.6 Å². The minimum Gasteiger partial charge on any atom is -0.341 e. The molecule has 0 saturated carbocycles. The van der Waals surface area contributed by atoms with E-state index in [0.717, 1.165) is 25.0 Å². The fourth-order valence-corrected chi connectivity index (χ4v) is 3.38. The molecule has 10 heteroatoms. The Hall–Kier alpha value is -2.91. The molecular formula is C19H22F3N5O2. The van der Waals surface area contributed by atoms with Gasteiger partial charge in [0, 0.05) is 25.2 Å². The number of carbonyl (C=O) groups is 2. The van der Waals surface area contributed by atoms with E-state index in [1.807, 2.05) is 0 Å². The Labute approximate surface area is 165 Å². The molecule has 1 aromatic heterocycles. The highest BCUT2D eigenvalue weighted by atomic mass is 19.4. The second-order valence-corrected chi connectivity index (χ2v) is 7.10. The number of rotatable bonds is 6. The van der Waals surface area contributed by atoms with Crippen LogP contribution in [0, 0.1) is 5.92 Å². The molecule has 0 radical (unpaired) electrons. The van der Waals surface area contributed by atoms with Gasteiger partial charge in [-0.2, -0.15) is 18.3 Å². The number of carbonyl (C=O) groups excluding carboxylic acids is 2. The number of amides is 2. The third kappa shape index (κ3) is 6.03. The van der Waals surface area contributed by atoms with E-state index in [-0.39, 0.29) is 30.7 Å². The van der Waals surface area contributed by atoms with Crippen molar-refractivity contribution in [2.45, 2.75) is 38.4 Å². The van der Waals surface area contributed by atoms with Crippen molar-refractivity contribution >= 4 is 17.5 Å². The van der Waals surface area contributed by atoms with Gasteiger partial charge in [0.25, 0.3) is 0 Å². The second-order valence-electron chi connectivity index (χ2n) is 7.10. The molecule has 3 rings (SSSR count). The summed E-state index contributed by atoms with van der Waals surface area (Å²) in [5.74, 6) is -0.0768.